The summed E-state index contributed by atoms with van der Waals surface area (Å²) >= 11 is 3.65. The molecule has 3 heteroatoms. The fourth-order valence-corrected chi connectivity index (χ4v) is 2.94. The molecule has 0 amide bonds. The molecule has 2 rings (SSSR count). The lowest BCUT2D eigenvalue weighted by Crippen LogP contribution is -2.18. The van der Waals surface area contributed by atoms with E-state index in [-0.39, 0.29) is 6.04 Å². The van der Waals surface area contributed by atoms with Crippen LogP contribution in [-0.4, -0.2) is 7.05 Å². The van der Waals surface area contributed by atoms with Gasteiger partial charge in [0, 0.05) is 24.1 Å². The van der Waals surface area contributed by atoms with Crippen molar-refractivity contribution in [2.45, 2.75) is 26.4 Å². The molecule has 1 atom stereocenters. The first-order valence-electron chi connectivity index (χ1n) is 6.79. The minimum Gasteiger partial charge on any atom is -0.369 e. The van der Waals surface area contributed by atoms with Crippen molar-refractivity contribution in [3.05, 3.63) is 63.6 Å². The maximum Gasteiger partial charge on any atom is 0.0511 e. The Morgan fingerprint density at radius 3 is 2.50 bits per heavy atom. The quantitative estimate of drug-likeness (QED) is 0.898. The molecular formula is C17H21BrN2. The van der Waals surface area contributed by atoms with Gasteiger partial charge in [0.15, 0.2) is 0 Å². The van der Waals surface area contributed by atoms with Crippen molar-refractivity contribution in [3.8, 4) is 0 Å². The fourth-order valence-electron chi connectivity index (χ4n) is 2.24. The van der Waals surface area contributed by atoms with Gasteiger partial charge in [0.05, 0.1) is 5.69 Å². The topological polar surface area (TPSA) is 29.3 Å². The van der Waals surface area contributed by atoms with Crippen molar-refractivity contribution < 1.29 is 0 Å². The van der Waals surface area contributed by atoms with Gasteiger partial charge in [-0.05, 0) is 58.6 Å². The Kier molecular flexibility index (Phi) is 4.84. The van der Waals surface area contributed by atoms with Crippen molar-refractivity contribution in [2.24, 2.45) is 5.73 Å². The lowest BCUT2D eigenvalue weighted by atomic mass is 10.1. The van der Waals surface area contributed by atoms with E-state index < -0.39 is 0 Å². The number of rotatable bonds is 4. The summed E-state index contributed by atoms with van der Waals surface area (Å²) in [5.74, 6) is 0. The standard InChI is InChI=1S/C17H21BrN2/c1-12-6-4-5-7-15(12)11-20(3)17-9-8-14(13(2)19)10-16(17)18/h4-10,13H,11,19H2,1-3H3/t13-/m0/s1. The molecule has 2 aromatic rings. The van der Waals surface area contributed by atoms with E-state index in [1.165, 1.54) is 16.8 Å². The van der Waals surface area contributed by atoms with E-state index in [4.69, 9.17) is 5.73 Å². The second-order valence-electron chi connectivity index (χ2n) is 5.28. The van der Waals surface area contributed by atoms with Crippen LogP contribution in [0.25, 0.3) is 0 Å². The third kappa shape index (κ3) is 3.41. The van der Waals surface area contributed by atoms with E-state index in [2.05, 4.69) is 77.3 Å². The Balaban J connectivity index is 2.21. The summed E-state index contributed by atoms with van der Waals surface area (Å²) in [4.78, 5) is 2.25. The van der Waals surface area contributed by atoms with Gasteiger partial charge in [-0.3, -0.25) is 0 Å². The van der Waals surface area contributed by atoms with Crippen molar-refractivity contribution in [3.63, 3.8) is 0 Å². The first-order chi connectivity index (χ1) is 9.49. The molecule has 0 aliphatic carbocycles. The molecule has 0 heterocycles. The Bertz CT molecular complexity index is 593. The van der Waals surface area contributed by atoms with E-state index in [1.807, 2.05) is 6.92 Å². The average Bonchev–Trinajstić information content (AvgIpc) is 2.41. The third-order valence-corrected chi connectivity index (χ3v) is 4.21. The average molecular weight is 333 g/mol. The third-order valence-electron chi connectivity index (χ3n) is 3.58. The molecule has 106 valence electrons. The highest BCUT2D eigenvalue weighted by Crippen LogP contribution is 2.29. The molecular weight excluding hydrogens is 312 g/mol. The van der Waals surface area contributed by atoms with Gasteiger partial charge in [0.1, 0.15) is 0 Å². The number of nitrogens with two attached hydrogens (primary N) is 1. The van der Waals surface area contributed by atoms with Crippen LogP contribution in [0.4, 0.5) is 5.69 Å². The van der Waals surface area contributed by atoms with Crippen LogP contribution < -0.4 is 10.6 Å². The molecule has 0 fully saturated rings. The minimum atomic E-state index is 0.0574. The summed E-state index contributed by atoms with van der Waals surface area (Å²) in [6.45, 7) is 5.04. The SMILES string of the molecule is Cc1ccccc1CN(C)c1ccc([C@H](C)N)cc1Br. The summed E-state index contributed by atoms with van der Waals surface area (Å²) in [7, 11) is 2.11. The predicted octanol–water partition coefficient (Wildman–Crippen LogP) is 4.41. The molecule has 2 N–H and O–H groups in total. The molecule has 0 bridgehead atoms. The molecule has 2 nitrogen and oxygen atoms in total. The van der Waals surface area contributed by atoms with Gasteiger partial charge >= 0.3 is 0 Å². The molecule has 2 aromatic carbocycles. The summed E-state index contributed by atoms with van der Waals surface area (Å²) in [6.07, 6.45) is 0. The van der Waals surface area contributed by atoms with Crippen LogP contribution >= 0.6 is 15.9 Å². The highest BCUT2D eigenvalue weighted by atomic mass is 79.9. The van der Waals surface area contributed by atoms with Crippen molar-refractivity contribution in [1.29, 1.82) is 0 Å². The normalized spacial score (nSPS) is 12.2. The van der Waals surface area contributed by atoms with Gasteiger partial charge in [0.2, 0.25) is 0 Å². The van der Waals surface area contributed by atoms with Crippen LogP contribution in [0.2, 0.25) is 0 Å². The first-order valence-corrected chi connectivity index (χ1v) is 7.59. The van der Waals surface area contributed by atoms with Gasteiger partial charge in [0.25, 0.3) is 0 Å². The lowest BCUT2D eigenvalue weighted by molar-refractivity contribution is 0.815. The van der Waals surface area contributed by atoms with E-state index in [1.54, 1.807) is 0 Å². The van der Waals surface area contributed by atoms with Crippen LogP contribution in [0.5, 0.6) is 0 Å². The monoisotopic (exact) mass is 332 g/mol. The number of hydrogen-bond acceptors (Lipinski definition) is 2. The number of aryl methyl sites for hydroxylation is 1. The maximum atomic E-state index is 5.92. The number of hydrogen-bond donors (Lipinski definition) is 1. The number of benzene rings is 2. The molecule has 0 saturated heterocycles. The summed E-state index contributed by atoms with van der Waals surface area (Å²) in [6, 6.07) is 14.9. The largest absolute Gasteiger partial charge is 0.369 e. The van der Waals surface area contributed by atoms with E-state index in [0.29, 0.717) is 0 Å². The van der Waals surface area contributed by atoms with Crippen molar-refractivity contribution >= 4 is 21.6 Å². The van der Waals surface area contributed by atoms with Gasteiger partial charge < -0.3 is 10.6 Å². The number of halogens is 1. The first kappa shape index (κ1) is 15.1. The van der Waals surface area contributed by atoms with E-state index in [9.17, 15) is 0 Å². The van der Waals surface area contributed by atoms with Crippen LogP contribution in [-0.2, 0) is 6.54 Å². The maximum absolute atomic E-state index is 5.92. The Hall–Kier alpha value is -1.32. The van der Waals surface area contributed by atoms with Crippen LogP contribution in [0, 0.1) is 6.92 Å². The van der Waals surface area contributed by atoms with Crippen molar-refractivity contribution in [1.82, 2.24) is 0 Å². The number of anilines is 1. The Labute approximate surface area is 129 Å². The lowest BCUT2D eigenvalue weighted by Gasteiger charge is -2.22. The van der Waals surface area contributed by atoms with Crippen LogP contribution in [0.15, 0.2) is 46.9 Å². The Morgan fingerprint density at radius 2 is 1.90 bits per heavy atom. The molecule has 20 heavy (non-hydrogen) atoms. The molecule has 0 aliphatic rings. The molecule has 0 spiro atoms. The summed E-state index contributed by atoms with van der Waals surface area (Å²) < 4.78 is 1.09. The second kappa shape index (κ2) is 6.42. The molecule has 0 aromatic heterocycles. The minimum absolute atomic E-state index is 0.0574. The van der Waals surface area contributed by atoms with Gasteiger partial charge in [-0.25, -0.2) is 0 Å². The zero-order chi connectivity index (χ0) is 14.7. The summed E-state index contributed by atoms with van der Waals surface area (Å²) in [5, 5.41) is 0. The zero-order valence-corrected chi connectivity index (χ0v) is 13.8. The van der Waals surface area contributed by atoms with Crippen molar-refractivity contribution in [2.75, 3.05) is 11.9 Å². The van der Waals surface area contributed by atoms with Crippen LogP contribution in [0.3, 0.4) is 0 Å². The zero-order valence-electron chi connectivity index (χ0n) is 12.2. The second-order valence-corrected chi connectivity index (χ2v) is 6.14. The predicted molar refractivity (Wildman–Crippen MR) is 90.0 cm³/mol. The summed E-state index contributed by atoms with van der Waals surface area (Å²) in [5.41, 5.74) is 10.9. The molecule has 0 aliphatic heterocycles. The van der Waals surface area contributed by atoms with E-state index in [0.717, 1.165) is 16.6 Å². The fraction of sp³-hybridized carbons (Fsp3) is 0.294. The van der Waals surface area contributed by atoms with Gasteiger partial charge in [-0.2, -0.15) is 0 Å². The van der Waals surface area contributed by atoms with Gasteiger partial charge in [-0.15, -0.1) is 0 Å². The highest BCUT2D eigenvalue weighted by molar-refractivity contribution is 9.10. The molecule has 0 saturated carbocycles. The Morgan fingerprint density at radius 1 is 1.20 bits per heavy atom. The molecule has 0 unspecified atom stereocenters. The molecule has 0 radical (unpaired) electrons. The van der Waals surface area contributed by atoms with Crippen LogP contribution in [0.1, 0.15) is 29.7 Å². The van der Waals surface area contributed by atoms with E-state index >= 15 is 0 Å². The van der Waals surface area contributed by atoms with Gasteiger partial charge in [-0.1, -0.05) is 30.3 Å². The highest BCUT2D eigenvalue weighted by Gasteiger charge is 2.09. The smallest absolute Gasteiger partial charge is 0.0511 e. The number of nitrogens with zero attached hydrogens (tertiary/aromatic N) is 1.